The maximum absolute atomic E-state index is 12.5. The number of rotatable bonds is 3. The second-order valence-electron chi connectivity index (χ2n) is 5.60. The van der Waals surface area contributed by atoms with Crippen LogP contribution in [0.2, 0.25) is 0 Å². The quantitative estimate of drug-likeness (QED) is 0.893. The lowest BCUT2D eigenvalue weighted by Crippen LogP contribution is -2.47. The van der Waals surface area contributed by atoms with Crippen LogP contribution in [0.3, 0.4) is 0 Å². The largest absolute Gasteiger partial charge is 0.341 e. The number of nitrogens with one attached hydrogen (secondary N) is 2. The molecule has 1 saturated heterocycles. The average Bonchev–Trinajstić information content (AvgIpc) is 2.50. The number of carbonyl (C=O) groups is 2. The Morgan fingerprint density at radius 1 is 1.19 bits per heavy atom. The molecule has 2 rings (SSSR count). The highest BCUT2D eigenvalue weighted by molar-refractivity contribution is 5.97. The minimum Gasteiger partial charge on any atom is -0.341 e. The minimum atomic E-state index is -0.466. The number of likely N-dealkylation sites (tertiary alicyclic amines) is 1. The van der Waals surface area contributed by atoms with E-state index >= 15 is 0 Å². The number of carbonyl (C=O) groups excluding carboxylic acids is 2. The molecule has 1 aliphatic rings. The maximum Gasteiger partial charge on any atom is 0.321 e. The predicted octanol–water partition coefficient (Wildman–Crippen LogP) is 1.92. The van der Waals surface area contributed by atoms with Crippen molar-refractivity contribution in [1.29, 1.82) is 0 Å². The lowest BCUT2D eigenvalue weighted by molar-refractivity contribution is -0.126. The lowest BCUT2D eigenvalue weighted by Gasteiger charge is -2.35. The van der Waals surface area contributed by atoms with Gasteiger partial charge in [-0.3, -0.25) is 15.0 Å². The molecule has 0 unspecified atom stereocenters. The lowest BCUT2D eigenvalue weighted by atomic mass is 9.95. The van der Waals surface area contributed by atoms with Gasteiger partial charge in [-0.1, -0.05) is 37.3 Å². The van der Waals surface area contributed by atoms with Crippen LogP contribution in [0.5, 0.6) is 0 Å². The zero-order valence-corrected chi connectivity index (χ0v) is 12.6. The van der Waals surface area contributed by atoms with Gasteiger partial charge in [0.2, 0.25) is 5.91 Å². The van der Waals surface area contributed by atoms with Gasteiger partial charge in [0.1, 0.15) is 6.04 Å². The summed E-state index contributed by atoms with van der Waals surface area (Å²) < 4.78 is 0. The fourth-order valence-electron chi connectivity index (χ4n) is 2.69. The standard InChI is InChI=1S/C16H23N3O2/c1-12-8-10-19(11-9-12)14(13-6-4-3-5-7-13)15(20)18-16(21)17-2/h3-7,12,14H,8-11H2,1-2H3,(H2,17,18,20,21)/t14-/m0/s1. The second kappa shape index (κ2) is 7.22. The van der Waals surface area contributed by atoms with E-state index in [0.717, 1.165) is 31.5 Å². The first-order valence-electron chi connectivity index (χ1n) is 7.43. The Bertz CT molecular complexity index is 482. The Morgan fingerprint density at radius 3 is 2.38 bits per heavy atom. The summed E-state index contributed by atoms with van der Waals surface area (Å²) in [6, 6.07) is 8.76. The van der Waals surface area contributed by atoms with Gasteiger partial charge in [-0.05, 0) is 37.4 Å². The van der Waals surface area contributed by atoms with Crippen LogP contribution in [0.1, 0.15) is 31.4 Å². The third-order valence-electron chi connectivity index (χ3n) is 4.01. The highest BCUT2D eigenvalue weighted by Crippen LogP contribution is 2.26. The minimum absolute atomic E-state index is 0.268. The van der Waals surface area contributed by atoms with Crippen molar-refractivity contribution in [3.8, 4) is 0 Å². The molecular formula is C16H23N3O2. The first-order chi connectivity index (χ1) is 10.1. The van der Waals surface area contributed by atoms with Gasteiger partial charge in [0.15, 0.2) is 0 Å². The molecule has 0 spiro atoms. The van der Waals surface area contributed by atoms with Gasteiger partial charge in [0.25, 0.3) is 0 Å². The summed E-state index contributed by atoms with van der Waals surface area (Å²) in [6.45, 7) is 3.99. The molecule has 1 fully saturated rings. The van der Waals surface area contributed by atoms with Crippen molar-refractivity contribution < 1.29 is 9.59 Å². The van der Waals surface area contributed by atoms with E-state index in [1.165, 1.54) is 7.05 Å². The number of imide groups is 1. The highest BCUT2D eigenvalue weighted by Gasteiger charge is 2.30. The van der Waals surface area contributed by atoms with Crippen LogP contribution in [-0.2, 0) is 4.79 Å². The van der Waals surface area contributed by atoms with E-state index in [1.54, 1.807) is 0 Å². The zero-order chi connectivity index (χ0) is 15.2. The third kappa shape index (κ3) is 4.04. The Hall–Kier alpha value is -1.88. The molecule has 1 atom stereocenters. The maximum atomic E-state index is 12.5. The van der Waals surface area contributed by atoms with Crippen molar-refractivity contribution in [1.82, 2.24) is 15.5 Å². The van der Waals surface area contributed by atoms with Crippen LogP contribution < -0.4 is 10.6 Å². The molecular weight excluding hydrogens is 266 g/mol. The van der Waals surface area contributed by atoms with Gasteiger partial charge in [0.05, 0.1) is 0 Å². The normalized spacial score (nSPS) is 18.0. The molecule has 114 valence electrons. The van der Waals surface area contributed by atoms with Gasteiger partial charge in [-0.15, -0.1) is 0 Å². The molecule has 0 saturated carbocycles. The third-order valence-corrected chi connectivity index (χ3v) is 4.01. The summed E-state index contributed by atoms with van der Waals surface area (Å²) in [6.07, 6.45) is 2.16. The molecule has 0 aliphatic carbocycles. The summed E-state index contributed by atoms with van der Waals surface area (Å²) in [5.41, 5.74) is 0.924. The van der Waals surface area contributed by atoms with Crippen molar-refractivity contribution in [2.75, 3.05) is 20.1 Å². The molecule has 1 aromatic carbocycles. The summed E-state index contributed by atoms with van der Waals surface area (Å²) in [5.74, 6) is 0.426. The van der Waals surface area contributed by atoms with Crippen LogP contribution in [0, 0.1) is 5.92 Å². The summed E-state index contributed by atoms with van der Waals surface area (Å²) >= 11 is 0. The molecule has 5 nitrogen and oxygen atoms in total. The Kier molecular flexibility index (Phi) is 5.33. The van der Waals surface area contributed by atoms with E-state index in [4.69, 9.17) is 0 Å². The summed E-state index contributed by atoms with van der Waals surface area (Å²) in [4.78, 5) is 26.1. The number of hydrogen-bond acceptors (Lipinski definition) is 3. The van der Waals surface area contributed by atoms with E-state index in [2.05, 4.69) is 22.5 Å². The predicted molar refractivity (Wildman–Crippen MR) is 81.8 cm³/mol. The Balaban J connectivity index is 2.18. The van der Waals surface area contributed by atoms with Crippen molar-refractivity contribution in [3.05, 3.63) is 35.9 Å². The summed E-state index contributed by atoms with van der Waals surface area (Å²) in [7, 11) is 1.50. The van der Waals surface area contributed by atoms with Gasteiger partial charge in [-0.2, -0.15) is 0 Å². The molecule has 0 radical (unpaired) electrons. The monoisotopic (exact) mass is 289 g/mol. The van der Waals surface area contributed by atoms with Crippen LogP contribution >= 0.6 is 0 Å². The smallest absolute Gasteiger partial charge is 0.321 e. The van der Waals surface area contributed by atoms with Crippen LogP contribution in [-0.4, -0.2) is 37.0 Å². The van der Waals surface area contributed by atoms with Gasteiger partial charge >= 0.3 is 6.03 Å². The van der Waals surface area contributed by atoms with Crippen LogP contribution in [0.15, 0.2) is 30.3 Å². The molecule has 1 heterocycles. The first-order valence-corrected chi connectivity index (χ1v) is 7.43. The molecule has 2 N–H and O–H groups in total. The van der Waals surface area contributed by atoms with Gasteiger partial charge in [-0.25, -0.2) is 4.79 Å². The fraction of sp³-hybridized carbons (Fsp3) is 0.500. The molecule has 3 amide bonds. The van der Waals surface area contributed by atoms with Crippen LogP contribution in [0.4, 0.5) is 4.79 Å². The van der Waals surface area contributed by atoms with E-state index in [0.29, 0.717) is 5.92 Å². The molecule has 0 bridgehead atoms. The van der Waals surface area contributed by atoms with E-state index in [9.17, 15) is 9.59 Å². The first kappa shape index (κ1) is 15.5. The number of urea groups is 1. The van der Waals surface area contributed by atoms with Gasteiger partial charge in [0, 0.05) is 7.05 Å². The van der Waals surface area contributed by atoms with Crippen molar-refractivity contribution in [3.63, 3.8) is 0 Å². The van der Waals surface area contributed by atoms with E-state index in [-0.39, 0.29) is 5.91 Å². The van der Waals surface area contributed by atoms with E-state index < -0.39 is 12.1 Å². The second-order valence-corrected chi connectivity index (χ2v) is 5.60. The molecule has 1 aliphatic heterocycles. The Labute approximate surface area is 125 Å². The number of amides is 3. The number of nitrogens with zero attached hydrogens (tertiary/aromatic N) is 1. The fourth-order valence-corrected chi connectivity index (χ4v) is 2.69. The molecule has 5 heteroatoms. The van der Waals surface area contributed by atoms with Crippen molar-refractivity contribution in [2.45, 2.75) is 25.8 Å². The Morgan fingerprint density at radius 2 is 1.81 bits per heavy atom. The van der Waals surface area contributed by atoms with E-state index in [1.807, 2.05) is 30.3 Å². The number of benzene rings is 1. The highest BCUT2D eigenvalue weighted by atomic mass is 16.2. The average molecular weight is 289 g/mol. The molecule has 0 aromatic heterocycles. The molecule has 21 heavy (non-hydrogen) atoms. The zero-order valence-electron chi connectivity index (χ0n) is 12.6. The number of piperidine rings is 1. The van der Waals surface area contributed by atoms with Crippen LogP contribution in [0.25, 0.3) is 0 Å². The van der Waals surface area contributed by atoms with Crippen molar-refractivity contribution in [2.24, 2.45) is 5.92 Å². The topological polar surface area (TPSA) is 61.4 Å². The SMILES string of the molecule is CNC(=O)NC(=O)[C@H](c1ccccc1)N1CCC(C)CC1. The number of hydrogen-bond donors (Lipinski definition) is 2. The summed E-state index contributed by atoms with van der Waals surface area (Å²) in [5, 5.41) is 4.83. The molecule has 1 aromatic rings. The van der Waals surface area contributed by atoms with Crippen molar-refractivity contribution >= 4 is 11.9 Å². The van der Waals surface area contributed by atoms with Gasteiger partial charge < -0.3 is 5.32 Å².